The summed E-state index contributed by atoms with van der Waals surface area (Å²) in [6.45, 7) is 0. The van der Waals surface area contributed by atoms with Gasteiger partial charge in [0.15, 0.2) is 0 Å². The Labute approximate surface area is 144 Å². The molecule has 3 aromatic rings. The Bertz CT molecular complexity index is 974. The van der Waals surface area contributed by atoms with Crippen molar-refractivity contribution in [2.75, 3.05) is 5.32 Å². The van der Waals surface area contributed by atoms with Gasteiger partial charge in [-0.2, -0.15) is 13.2 Å². The number of anilines is 2. The summed E-state index contributed by atoms with van der Waals surface area (Å²) in [5.41, 5.74) is -0.573. The molecule has 0 amide bonds. The summed E-state index contributed by atoms with van der Waals surface area (Å²) >= 11 is 5.94. The van der Waals surface area contributed by atoms with E-state index in [1.54, 1.807) is 12.1 Å². The van der Waals surface area contributed by atoms with Crippen LogP contribution in [-0.2, 0) is 6.18 Å². The van der Waals surface area contributed by atoms with E-state index in [0.717, 1.165) is 18.3 Å². The molecule has 3 rings (SSSR count). The van der Waals surface area contributed by atoms with Crippen molar-refractivity contribution in [1.29, 1.82) is 0 Å². The second kappa shape index (κ2) is 6.25. The number of nitrogens with zero attached hydrogens (tertiary/aromatic N) is 1. The molecule has 4 nitrogen and oxygen atoms in total. The second-order valence-corrected chi connectivity index (χ2v) is 5.64. The highest BCUT2D eigenvalue weighted by molar-refractivity contribution is 6.31. The highest BCUT2D eigenvalue weighted by Crippen LogP contribution is 2.34. The van der Waals surface area contributed by atoms with Crippen LogP contribution in [0.5, 0.6) is 0 Å². The van der Waals surface area contributed by atoms with Gasteiger partial charge in [-0.25, -0.2) is 0 Å². The number of hydrogen-bond donors (Lipinski definition) is 1. The molecule has 0 radical (unpaired) electrons. The molecule has 8 heteroatoms. The minimum absolute atomic E-state index is 0.0619. The maximum atomic E-state index is 12.9. The summed E-state index contributed by atoms with van der Waals surface area (Å²) in [7, 11) is 0. The predicted octanol–water partition coefficient (Wildman–Crippen LogP) is 4.01. The van der Waals surface area contributed by atoms with Crippen LogP contribution in [0.1, 0.15) is 15.9 Å². The minimum atomic E-state index is -4.52. The molecule has 0 saturated carbocycles. The van der Waals surface area contributed by atoms with Crippen molar-refractivity contribution in [2.24, 2.45) is 0 Å². The molecular formula is C17H9ClF3N2O2-. The van der Waals surface area contributed by atoms with Gasteiger partial charge in [-0.05, 0) is 36.4 Å². The number of nitrogens with one attached hydrogen (secondary N) is 1. The summed E-state index contributed by atoms with van der Waals surface area (Å²) < 4.78 is 38.6. The van der Waals surface area contributed by atoms with Gasteiger partial charge in [-0.1, -0.05) is 17.7 Å². The molecule has 0 unspecified atom stereocenters. The van der Waals surface area contributed by atoms with Gasteiger partial charge in [0.2, 0.25) is 0 Å². The van der Waals surface area contributed by atoms with Crippen molar-refractivity contribution in [3.8, 4) is 0 Å². The quantitative estimate of drug-likeness (QED) is 0.761. The minimum Gasteiger partial charge on any atom is -0.545 e. The lowest BCUT2D eigenvalue weighted by molar-refractivity contribution is -0.254. The van der Waals surface area contributed by atoms with Gasteiger partial charge in [0.05, 0.1) is 22.7 Å². The van der Waals surface area contributed by atoms with E-state index < -0.39 is 17.7 Å². The normalized spacial score (nSPS) is 11.5. The van der Waals surface area contributed by atoms with Crippen LogP contribution in [0.3, 0.4) is 0 Å². The number of halogens is 4. The first kappa shape index (κ1) is 17.0. The number of aromatic nitrogens is 1. The number of carboxylic acids is 1. The van der Waals surface area contributed by atoms with E-state index in [0.29, 0.717) is 15.9 Å². The van der Waals surface area contributed by atoms with E-state index in [2.05, 4.69) is 10.3 Å². The smallest absolute Gasteiger partial charge is 0.416 e. The summed E-state index contributed by atoms with van der Waals surface area (Å²) in [6.07, 6.45) is -3.43. The Morgan fingerprint density at radius 1 is 1.16 bits per heavy atom. The Morgan fingerprint density at radius 3 is 2.60 bits per heavy atom. The van der Waals surface area contributed by atoms with E-state index in [4.69, 9.17) is 11.6 Å². The SMILES string of the molecule is O=C([O-])c1cnc2ccc(Cl)cc2c1Nc1cccc(C(F)(F)F)c1. The summed E-state index contributed by atoms with van der Waals surface area (Å²) in [5.74, 6) is -1.51. The first-order chi connectivity index (χ1) is 11.8. The molecule has 128 valence electrons. The fourth-order valence-corrected chi connectivity index (χ4v) is 2.54. The van der Waals surface area contributed by atoms with E-state index in [1.807, 2.05) is 0 Å². The van der Waals surface area contributed by atoms with Crippen LogP contribution in [0.4, 0.5) is 24.5 Å². The topological polar surface area (TPSA) is 65.0 Å². The van der Waals surface area contributed by atoms with Gasteiger partial charge in [0.25, 0.3) is 0 Å². The molecular weight excluding hydrogens is 357 g/mol. The molecule has 1 aromatic heterocycles. The van der Waals surface area contributed by atoms with E-state index >= 15 is 0 Å². The van der Waals surface area contributed by atoms with Crippen LogP contribution < -0.4 is 10.4 Å². The summed E-state index contributed by atoms with van der Waals surface area (Å²) in [6, 6.07) is 9.05. The standard InChI is InChI=1S/C17H10ClF3N2O2/c18-10-4-5-14-12(7-10)15(13(8-22-14)16(24)25)23-11-3-1-2-9(6-11)17(19,20)21/h1-8H,(H,22,23)(H,24,25)/p-1. The maximum Gasteiger partial charge on any atom is 0.416 e. The average molecular weight is 366 g/mol. The number of benzene rings is 2. The van der Waals surface area contributed by atoms with Crippen LogP contribution in [0.2, 0.25) is 5.02 Å². The molecule has 0 aliphatic rings. The van der Waals surface area contributed by atoms with Crippen LogP contribution in [0, 0.1) is 0 Å². The van der Waals surface area contributed by atoms with Gasteiger partial charge in [-0.3, -0.25) is 4.98 Å². The van der Waals surface area contributed by atoms with Gasteiger partial charge in [0, 0.05) is 27.9 Å². The average Bonchev–Trinajstić information content (AvgIpc) is 2.54. The zero-order valence-corrected chi connectivity index (χ0v) is 13.2. The first-order valence-electron chi connectivity index (χ1n) is 6.99. The monoisotopic (exact) mass is 365 g/mol. The van der Waals surface area contributed by atoms with Crippen LogP contribution in [-0.4, -0.2) is 11.0 Å². The predicted molar refractivity (Wildman–Crippen MR) is 85.8 cm³/mol. The van der Waals surface area contributed by atoms with E-state index in [9.17, 15) is 23.1 Å². The Balaban J connectivity index is 2.16. The van der Waals surface area contributed by atoms with Gasteiger partial charge < -0.3 is 15.2 Å². The highest BCUT2D eigenvalue weighted by atomic mass is 35.5. The van der Waals surface area contributed by atoms with Crippen LogP contribution in [0.15, 0.2) is 48.7 Å². The Morgan fingerprint density at radius 2 is 1.92 bits per heavy atom. The van der Waals surface area contributed by atoms with E-state index in [-0.39, 0.29) is 16.9 Å². The number of hydrogen-bond acceptors (Lipinski definition) is 4. The molecule has 0 aliphatic heterocycles. The number of fused-ring (bicyclic) bond motifs is 1. The van der Waals surface area contributed by atoms with Crippen molar-refractivity contribution in [3.63, 3.8) is 0 Å². The summed E-state index contributed by atoms with van der Waals surface area (Å²) in [4.78, 5) is 15.4. The van der Waals surface area contributed by atoms with Crippen molar-refractivity contribution in [1.82, 2.24) is 4.98 Å². The molecule has 25 heavy (non-hydrogen) atoms. The van der Waals surface area contributed by atoms with Crippen LogP contribution in [0.25, 0.3) is 10.9 Å². The lowest BCUT2D eigenvalue weighted by atomic mass is 10.1. The largest absolute Gasteiger partial charge is 0.545 e. The third-order valence-corrected chi connectivity index (χ3v) is 3.74. The fourth-order valence-electron chi connectivity index (χ4n) is 2.37. The Hall–Kier alpha value is -2.80. The first-order valence-corrected chi connectivity index (χ1v) is 7.37. The van der Waals surface area contributed by atoms with Gasteiger partial charge in [0.1, 0.15) is 0 Å². The molecule has 0 aliphatic carbocycles. The number of alkyl halides is 3. The number of carbonyl (C=O) groups is 1. The third-order valence-electron chi connectivity index (χ3n) is 3.51. The maximum absolute atomic E-state index is 12.9. The van der Waals surface area contributed by atoms with Crippen molar-refractivity contribution in [2.45, 2.75) is 6.18 Å². The van der Waals surface area contributed by atoms with Crippen molar-refractivity contribution in [3.05, 3.63) is 64.8 Å². The molecule has 0 bridgehead atoms. The molecule has 0 spiro atoms. The molecule has 1 N–H and O–H groups in total. The molecule has 1 heterocycles. The van der Waals surface area contributed by atoms with Gasteiger partial charge >= 0.3 is 6.18 Å². The molecule has 0 atom stereocenters. The van der Waals surface area contributed by atoms with Crippen molar-refractivity contribution >= 4 is 39.8 Å². The second-order valence-electron chi connectivity index (χ2n) is 5.20. The highest BCUT2D eigenvalue weighted by Gasteiger charge is 2.30. The number of carbonyl (C=O) groups excluding carboxylic acids is 1. The fraction of sp³-hybridized carbons (Fsp3) is 0.0588. The number of pyridine rings is 1. The number of aromatic carboxylic acids is 1. The molecule has 0 fully saturated rings. The summed E-state index contributed by atoms with van der Waals surface area (Å²) in [5, 5.41) is 14.8. The number of rotatable bonds is 3. The molecule has 0 saturated heterocycles. The lowest BCUT2D eigenvalue weighted by Crippen LogP contribution is -2.23. The lowest BCUT2D eigenvalue weighted by Gasteiger charge is -2.16. The van der Waals surface area contributed by atoms with Crippen molar-refractivity contribution < 1.29 is 23.1 Å². The number of carboxylic acid groups (broad SMARTS) is 1. The Kier molecular flexibility index (Phi) is 4.26. The zero-order valence-electron chi connectivity index (χ0n) is 12.4. The van der Waals surface area contributed by atoms with Crippen LogP contribution >= 0.6 is 11.6 Å². The molecule has 2 aromatic carbocycles. The third kappa shape index (κ3) is 3.51. The zero-order chi connectivity index (χ0) is 18.2. The van der Waals surface area contributed by atoms with Gasteiger partial charge in [-0.15, -0.1) is 0 Å². The van der Waals surface area contributed by atoms with E-state index in [1.165, 1.54) is 18.2 Å².